The first-order chi connectivity index (χ1) is 13.2. The summed E-state index contributed by atoms with van der Waals surface area (Å²) >= 11 is 0. The summed E-state index contributed by atoms with van der Waals surface area (Å²) in [6.07, 6.45) is 8.26. The van der Waals surface area contributed by atoms with Gasteiger partial charge in [0.25, 0.3) is 0 Å². The van der Waals surface area contributed by atoms with Gasteiger partial charge in [-0.15, -0.1) is 0 Å². The molecule has 2 aliphatic rings. The number of aryl methyl sites for hydroxylation is 2. The Morgan fingerprint density at radius 2 is 1.61 bits per heavy atom. The van der Waals surface area contributed by atoms with E-state index in [2.05, 4.69) is 71.0 Å². The molecule has 0 spiro atoms. The van der Waals surface area contributed by atoms with E-state index in [1.165, 1.54) is 51.8 Å². The van der Waals surface area contributed by atoms with Crippen molar-refractivity contribution in [1.82, 2.24) is 0 Å². The third kappa shape index (κ3) is 3.20. The standard InChI is InChI=1S/C27H31N/c1-18-13-24-25(27(4,5)12-11-26(24,2)3)16-22(18)15-21-8-6-7-20-14-19(17-28)9-10-23(20)21/h9-10,13-16H,6-8,11-12H2,1-5H3/b21-15+. The fraction of sp³-hybridized carbons (Fsp3) is 0.444. The molecule has 0 bridgehead atoms. The van der Waals surface area contributed by atoms with E-state index in [1.807, 2.05) is 6.07 Å². The van der Waals surface area contributed by atoms with Crippen LogP contribution in [0.1, 0.15) is 92.3 Å². The van der Waals surface area contributed by atoms with Gasteiger partial charge >= 0.3 is 0 Å². The maximum Gasteiger partial charge on any atom is 0.0991 e. The fourth-order valence-corrected chi connectivity index (χ4v) is 5.02. The molecule has 2 aliphatic carbocycles. The van der Waals surface area contributed by atoms with Crippen LogP contribution < -0.4 is 0 Å². The van der Waals surface area contributed by atoms with Crippen molar-refractivity contribution in [3.05, 3.63) is 69.3 Å². The maximum absolute atomic E-state index is 9.22. The van der Waals surface area contributed by atoms with Crippen LogP contribution in [-0.4, -0.2) is 0 Å². The summed E-state index contributed by atoms with van der Waals surface area (Å²) in [5.74, 6) is 0. The monoisotopic (exact) mass is 369 g/mol. The number of hydrogen-bond acceptors (Lipinski definition) is 1. The largest absolute Gasteiger partial charge is 0.192 e. The Labute approximate surface area is 170 Å². The topological polar surface area (TPSA) is 23.8 Å². The highest BCUT2D eigenvalue weighted by Gasteiger charge is 2.37. The Bertz CT molecular complexity index is 1010. The van der Waals surface area contributed by atoms with Crippen molar-refractivity contribution in [1.29, 1.82) is 5.26 Å². The molecule has 0 fully saturated rings. The number of nitriles is 1. The minimum absolute atomic E-state index is 0.234. The zero-order valence-corrected chi connectivity index (χ0v) is 17.9. The van der Waals surface area contributed by atoms with E-state index in [0.717, 1.165) is 24.8 Å². The molecule has 1 nitrogen and oxygen atoms in total. The summed E-state index contributed by atoms with van der Waals surface area (Å²) in [6, 6.07) is 13.4. The van der Waals surface area contributed by atoms with Gasteiger partial charge in [0.2, 0.25) is 0 Å². The number of nitrogens with zero attached hydrogens (tertiary/aromatic N) is 1. The Kier molecular flexibility index (Phi) is 4.50. The molecule has 0 saturated heterocycles. The smallest absolute Gasteiger partial charge is 0.0991 e. The molecule has 2 aromatic rings. The first kappa shape index (κ1) is 19.0. The molecule has 144 valence electrons. The van der Waals surface area contributed by atoms with Crippen LogP contribution in [0.15, 0.2) is 30.3 Å². The van der Waals surface area contributed by atoms with Crippen molar-refractivity contribution in [2.75, 3.05) is 0 Å². The molecule has 0 saturated carbocycles. The van der Waals surface area contributed by atoms with Crippen molar-refractivity contribution in [2.24, 2.45) is 0 Å². The van der Waals surface area contributed by atoms with E-state index in [1.54, 1.807) is 0 Å². The molecule has 0 amide bonds. The summed E-state index contributed by atoms with van der Waals surface area (Å²) in [5, 5.41) is 9.22. The van der Waals surface area contributed by atoms with Crippen LogP contribution in [0.3, 0.4) is 0 Å². The third-order valence-corrected chi connectivity index (χ3v) is 7.04. The zero-order chi connectivity index (χ0) is 20.1. The highest BCUT2D eigenvalue weighted by Crippen LogP contribution is 2.47. The maximum atomic E-state index is 9.22. The quantitative estimate of drug-likeness (QED) is 0.526. The lowest BCUT2D eigenvalue weighted by atomic mass is 9.62. The van der Waals surface area contributed by atoms with Crippen molar-refractivity contribution < 1.29 is 0 Å². The summed E-state index contributed by atoms with van der Waals surface area (Å²) in [4.78, 5) is 0. The van der Waals surface area contributed by atoms with Gasteiger partial charge in [-0.1, -0.05) is 52.0 Å². The second-order valence-electron chi connectivity index (χ2n) is 10.0. The number of allylic oxidation sites excluding steroid dienone is 1. The van der Waals surface area contributed by atoms with E-state index in [0.29, 0.717) is 0 Å². The van der Waals surface area contributed by atoms with E-state index < -0.39 is 0 Å². The summed E-state index contributed by atoms with van der Waals surface area (Å²) in [5.41, 5.74) is 11.1. The van der Waals surface area contributed by atoms with Crippen LogP contribution in [0, 0.1) is 18.3 Å². The molecule has 2 aromatic carbocycles. The van der Waals surface area contributed by atoms with E-state index in [-0.39, 0.29) is 10.8 Å². The van der Waals surface area contributed by atoms with Gasteiger partial charge in [0.15, 0.2) is 0 Å². The normalized spacial score (nSPS) is 20.9. The molecular weight excluding hydrogens is 338 g/mol. The number of benzene rings is 2. The van der Waals surface area contributed by atoms with E-state index >= 15 is 0 Å². The first-order valence-corrected chi connectivity index (χ1v) is 10.6. The second-order valence-corrected chi connectivity index (χ2v) is 10.0. The van der Waals surface area contributed by atoms with Gasteiger partial charge < -0.3 is 0 Å². The summed E-state index contributed by atoms with van der Waals surface area (Å²) in [7, 11) is 0. The highest BCUT2D eigenvalue weighted by atomic mass is 14.4. The van der Waals surface area contributed by atoms with Gasteiger partial charge in [-0.2, -0.15) is 5.26 Å². The number of hydrogen-bond donors (Lipinski definition) is 0. The summed E-state index contributed by atoms with van der Waals surface area (Å²) in [6.45, 7) is 11.8. The minimum atomic E-state index is 0.234. The van der Waals surface area contributed by atoms with Gasteiger partial charge in [-0.05, 0) is 101 Å². The van der Waals surface area contributed by atoms with Gasteiger partial charge in [-0.3, -0.25) is 0 Å². The zero-order valence-electron chi connectivity index (χ0n) is 17.9. The molecular formula is C27H31N. The van der Waals surface area contributed by atoms with Crippen LogP contribution in [0.5, 0.6) is 0 Å². The van der Waals surface area contributed by atoms with E-state index in [4.69, 9.17) is 0 Å². The fourth-order valence-electron chi connectivity index (χ4n) is 5.02. The lowest BCUT2D eigenvalue weighted by molar-refractivity contribution is 0.331. The van der Waals surface area contributed by atoms with Crippen molar-refractivity contribution >= 4 is 11.6 Å². The summed E-state index contributed by atoms with van der Waals surface area (Å²) < 4.78 is 0. The molecule has 0 atom stereocenters. The molecule has 4 rings (SSSR count). The van der Waals surface area contributed by atoms with Gasteiger partial charge in [0.1, 0.15) is 0 Å². The molecule has 1 heteroatoms. The van der Waals surface area contributed by atoms with Crippen LogP contribution in [-0.2, 0) is 17.3 Å². The highest BCUT2D eigenvalue weighted by molar-refractivity contribution is 5.85. The SMILES string of the molecule is Cc1cc2c(cc1/C=C1\CCCc3cc(C#N)ccc31)C(C)(C)CCC2(C)C. The lowest BCUT2D eigenvalue weighted by Crippen LogP contribution is -2.34. The predicted octanol–water partition coefficient (Wildman–Crippen LogP) is 7.09. The molecule has 0 N–H and O–H groups in total. The van der Waals surface area contributed by atoms with Crippen LogP contribution >= 0.6 is 0 Å². The molecule has 0 unspecified atom stereocenters. The first-order valence-electron chi connectivity index (χ1n) is 10.6. The van der Waals surface area contributed by atoms with Crippen LogP contribution in [0.25, 0.3) is 11.6 Å². The molecule has 28 heavy (non-hydrogen) atoms. The Hall–Kier alpha value is -2.33. The minimum Gasteiger partial charge on any atom is -0.192 e. The number of fused-ring (bicyclic) bond motifs is 2. The predicted molar refractivity (Wildman–Crippen MR) is 118 cm³/mol. The van der Waals surface area contributed by atoms with Gasteiger partial charge in [0, 0.05) is 0 Å². The molecule has 0 aromatic heterocycles. The third-order valence-electron chi connectivity index (χ3n) is 7.04. The van der Waals surface area contributed by atoms with Crippen molar-refractivity contribution in [3.63, 3.8) is 0 Å². The average molecular weight is 370 g/mol. The average Bonchev–Trinajstić information content (AvgIpc) is 2.66. The lowest BCUT2D eigenvalue weighted by Gasteiger charge is -2.42. The Balaban J connectivity index is 1.83. The van der Waals surface area contributed by atoms with Crippen LogP contribution in [0.2, 0.25) is 0 Å². The molecule has 0 aliphatic heterocycles. The van der Waals surface area contributed by atoms with E-state index in [9.17, 15) is 5.26 Å². The molecule has 0 radical (unpaired) electrons. The van der Waals surface area contributed by atoms with Crippen LogP contribution in [0.4, 0.5) is 0 Å². The van der Waals surface area contributed by atoms with Crippen molar-refractivity contribution in [2.45, 2.75) is 77.6 Å². The number of rotatable bonds is 1. The second kappa shape index (κ2) is 6.63. The molecule has 0 heterocycles. The van der Waals surface area contributed by atoms with Crippen molar-refractivity contribution in [3.8, 4) is 6.07 Å². The Morgan fingerprint density at radius 1 is 0.929 bits per heavy atom. The Morgan fingerprint density at radius 3 is 2.29 bits per heavy atom. The van der Waals surface area contributed by atoms with Gasteiger partial charge in [0.05, 0.1) is 11.6 Å². The van der Waals surface area contributed by atoms with Gasteiger partial charge in [-0.25, -0.2) is 0 Å².